The Kier molecular flexibility index (Phi) is 11.4. The standard InChI is InChI=1S/C12H22O.CH4O/c13-12-10-8-6-4-2-1-3-5-7-9-11-12;1-2/h1-11H2;2H,1H3. The molecule has 2 nitrogen and oxygen atoms in total. The number of carbonyl (C=O) groups is 1. The molecule has 1 N–H and O–H groups in total. The van der Waals surface area contributed by atoms with Crippen LogP contribution in [0.25, 0.3) is 0 Å². The maximum absolute atomic E-state index is 11.3. The first-order valence-electron chi connectivity index (χ1n) is 6.36. The van der Waals surface area contributed by atoms with E-state index in [0.717, 1.165) is 32.8 Å². The highest BCUT2D eigenvalue weighted by Crippen LogP contribution is 2.14. The van der Waals surface area contributed by atoms with Gasteiger partial charge in [-0.25, -0.2) is 0 Å². The highest BCUT2D eigenvalue weighted by atomic mass is 16.2. The second kappa shape index (κ2) is 11.7. The normalized spacial score (nSPS) is 20.5. The summed E-state index contributed by atoms with van der Waals surface area (Å²) < 4.78 is 0. The predicted molar refractivity (Wildman–Crippen MR) is 63.9 cm³/mol. The van der Waals surface area contributed by atoms with Gasteiger partial charge in [-0.2, -0.15) is 0 Å². The lowest BCUT2D eigenvalue weighted by atomic mass is 10.0. The molecule has 1 fully saturated rings. The van der Waals surface area contributed by atoms with Gasteiger partial charge in [0.2, 0.25) is 0 Å². The number of aliphatic hydroxyl groups is 1. The van der Waals surface area contributed by atoms with Crippen molar-refractivity contribution in [2.24, 2.45) is 0 Å². The Labute approximate surface area is 94.1 Å². The molecule has 1 aliphatic rings. The molecule has 0 aromatic carbocycles. The van der Waals surface area contributed by atoms with Crippen molar-refractivity contribution >= 4 is 5.78 Å². The van der Waals surface area contributed by atoms with Gasteiger partial charge in [-0.15, -0.1) is 0 Å². The van der Waals surface area contributed by atoms with Crippen LogP contribution in [0.15, 0.2) is 0 Å². The van der Waals surface area contributed by atoms with Gasteiger partial charge in [-0.3, -0.25) is 4.79 Å². The van der Waals surface area contributed by atoms with Gasteiger partial charge in [-0.05, 0) is 12.8 Å². The van der Waals surface area contributed by atoms with E-state index in [0.29, 0.717) is 5.78 Å². The van der Waals surface area contributed by atoms with Crippen molar-refractivity contribution < 1.29 is 9.90 Å². The zero-order valence-corrected chi connectivity index (χ0v) is 10.1. The van der Waals surface area contributed by atoms with Crippen molar-refractivity contribution in [1.82, 2.24) is 0 Å². The number of Topliss-reactive ketones (excluding diaryl/α,β-unsaturated/α-hetero) is 1. The van der Waals surface area contributed by atoms with Gasteiger partial charge >= 0.3 is 0 Å². The second-order valence-electron chi connectivity index (χ2n) is 4.22. The van der Waals surface area contributed by atoms with Gasteiger partial charge in [0.15, 0.2) is 0 Å². The molecular formula is C13H26O2. The first-order chi connectivity index (χ1) is 7.39. The first-order valence-corrected chi connectivity index (χ1v) is 6.36. The van der Waals surface area contributed by atoms with Crippen molar-refractivity contribution in [2.45, 2.75) is 70.6 Å². The molecule has 0 bridgehead atoms. The number of ketones is 1. The molecule has 1 rings (SSSR count). The third-order valence-corrected chi connectivity index (χ3v) is 2.91. The molecule has 0 spiro atoms. The molecule has 15 heavy (non-hydrogen) atoms. The van der Waals surface area contributed by atoms with E-state index >= 15 is 0 Å². The van der Waals surface area contributed by atoms with E-state index in [2.05, 4.69) is 0 Å². The molecule has 90 valence electrons. The van der Waals surface area contributed by atoms with Crippen LogP contribution in [-0.2, 0) is 4.79 Å². The molecule has 1 saturated carbocycles. The van der Waals surface area contributed by atoms with Crippen molar-refractivity contribution in [2.75, 3.05) is 7.11 Å². The van der Waals surface area contributed by atoms with Crippen molar-refractivity contribution in [3.05, 3.63) is 0 Å². The van der Waals surface area contributed by atoms with Crippen molar-refractivity contribution in [3.8, 4) is 0 Å². The predicted octanol–water partition coefficient (Wildman–Crippen LogP) is 3.47. The van der Waals surface area contributed by atoms with Gasteiger partial charge in [0.05, 0.1) is 0 Å². The molecule has 0 radical (unpaired) electrons. The van der Waals surface area contributed by atoms with Crippen LogP contribution >= 0.6 is 0 Å². The van der Waals surface area contributed by atoms with Crippen molar-refractivity contribution in [1.29, 1.82) is 0 Å². The Morgan fingerprint density at radius 3 is 1.27 bits per heavy atom. The minimum atomic E-state index is 0.501. The number of aliphatic hydroxyl groups excluding tert-OH is 1. The molecule has 1 aliphatic carbocycles. The van der Waals surface area contributed by atoms with Gasteiger partial charge in [0, 0.05) is 20.0 Å². The summed E-state index contributed by atoms with van der Waals surface area (Å²) in [5.74, 6) is 0.501. The summed E-state index contributed by atoms with van der Waals surface area (Å²) in [6.07, 6.45) is 13.4. The number of carbonyl (C=O) groups excluding carboxylic acids is 1. The molecule has 2 heteroatoms. The van der Waals surface area contributed by atoms with Crippen LogP contribution in [0.2, 0.25) is 0 Å². The summed E-state index contributed by atoms with van der Waals surface area (Å²) >= 11 is 0. The summed E-state index contributed by atoms with van der Waals surface area (Å²) in [7, 11) is 1.00. The fourth-order valence-corrected chi connectivity index (χ4v) is 2.01. The summed E-state index contributed by atoms with van der Waals surface area (Å²) in [6.45, 7) is 0. The molecule has 0 aromatic heterocycles. The lowest BCUT2D eigenvalue weighted by Gasteiger charge is -2.05. The van der Waals surface area contributed by atoms with E-state index in [9.17, 15) is 4.79 Å². The lowest BCUT2D eigenvalue weighted by Crippen LogP contribution is -1.98. The van der Waals surface area contributed by atoms with Crippen LogP contribution in [0, 0.1) is 0 Å². The van der Waals surface area contributed by atoms with E-state index in [-0.39, 0.29) is 0 Å². The van der Waals surface area contributed by atoms with E-state index in [1.807, 2.05) is 0 Å². The van der Waals surface area contributed by atoms with E-state index in [4.69, 9.17) is 5.11 Å². The summed E-state index contributed by atoms with van der Waals surface area (Å²) in [5.41, 5.74) is 0. The number of rotatable bonds is 0. The van der Waals surface area contributed by atoms with E-state index in [1.165, 1.54) is 44.9 Å². The summed E-state index contributed by atoms with van der Waals surface area (Å²) in [5, 5.41) is 7.00. The maximum Gasteiger partial charge on any atom is 0.132 e. The summed E-state index contributed by atoms with van der Waals surface area (Å²) in [6, 6.07) is 0. The number of hydrogen-bond acceptors (Lipinski definition) is 2. The Balaban J connectivity index is 0.000000921. The number of hydrogen-bond donors (Lipinski definition) is 1. The molecular weight excluding hydrogens is 188 g/mol. The third-order valence-electron chi connectivity index (χ3n) is 2.91. The molecule has 0 amide bonds. The molecule has 0 aliphatic heterocycles. The van der Waals surface area contributed by atoms with Crippen LogP contribution in [0.1, 0.15) is 70.6 Å². The fourth-order valence-electron chi connectivity index (χ4n) is 2.01. The molecule has 0 aromatic rings. The van der Waals surface area contributed by atoms with Crippen LogP contribution in [0.4, 0.5) is 0 Å². The van der Waals surface area contributed by atoms with Gasteiger partial charge in [-0.1, -0.05) is 44.9 Å². The molecule has 0 unspecified atom stereocenters. The smallest absolute Gasteiger partial charge is 0.132 e. The third kappa shape index (κ3) is 9.92. The fraction of sp³-hybridized carbons (Fsp3) is 0.923. The van der Waals surface area contributed by atoms with E-state index < -0.39 is 0 Å². The average Bonchev–Trinajstić information content (AvgIpc) is 2.26. The monoisotopic (exact) mass is 214 g/mol. The van der Waals surface area contributed by atoms with Crippen LogP contribution in [0.5, 0.6) is 0 Å². The topological polar surface area (TPSA) is 37.3 Å². The Morgan fingerprint density at radius 2 is 0.933 bits per heavy atom. The van der Waals surface area contributed by atoms with Gasteiger partial charge in [0.25, 0.3) is 0 Å². The Morgan fingerprint density at radius 1 is 0.667 bits per heavy atom. The Bertz CT molecular complexity index is 129. The highest BCUT2D eigenvalue weighted by molar-refractivity contribution is 5.78. The minimum absolute atomic E-state index is 0.501. The largest absolute Gasteiger partial charge is 0.400 e. The summed E-state index contributed by atoms with van der Waals surface area (Å²) in [4.78, 5) is 11.3. The molecule has 0 heterocycles. The zero-order valence-electron chi connectivity index (χ0n) is 10.1. The second-order valence-corrected chi connectivity index (χ2v) is 4.22. The maximum atomic E-state index is 11.3. The lowest BCUT2D eigenvalue weighted by molar-refractivity contribution is -0.119. The SMILES string of the molecule is CO.O=C1CCCCCCCCCCC1. The first kappa shape index (κ1) is 14.6. The molecule has 0 atom stereocenters. The van der Waals surface area contributed by atoms with Crippen LogP contribution < -0.4 is 0 Å². The van der Waals surface area contributed by atoms with Crippen molar-refractivity contribution in [3.63, 3.8) is 0 Å². The zero-order chi connectivity index (χ0) is 11.4. The average molecular weight is 214 g/mol. The van der Waals surface area contributed by atoms with Crippen LogP contribution in [-0.4, -0.2) is 18.0 Å². The van der Waals surface area contributed by atoms with Gasteiger partial charge < -0.3 is 5.11 Å². The van der Waals surface area contributed by atoms with Gasteiger partial charge in [0.1, 0.15) is 5.78 Å². The Hall–Kier alpha value is -0.370. The molecule has 0 saturated heterocycles. The highest BCUT2D eigenvalue weighted by Gasteiger charge is 2.02. The quantitative estimate of drug-likeness (QED) is 0.670. The minimum Gasteiger partial charge on any atom is -0.400 e. The van der Waals surface area contributed by atoms with E-state index in [1.54, 1.807) is 0 Å². The van der Waals surface area contributed by atoms with Crippen LogP contribution in [0.3, 0.4) is 0 Å².